The van der Waals surface area contributed by atoms with Gasteiger partial charge in [0.1, 0.15) is 0 Å². The van der Waals surface area contributed by atoms with E-state index in [0.717, 1.165) is 6.39 Å². The number of carbonyl (C=O) groups is 1. The standard InChI is InChI=1S/C11H7F4N3O2/c12-9(13)11(14,15)10(19)17-7-3-1-6(2-4-7)8-18-16-5-20-8/h1-5,9H,(H,17,19). The van der Waals surface area contributed by atoms with Crippen molar-refractivity contribution in [3.63, 3.8) is 0 Å². The predicted molar refractivity (Wildman–Crippen MR) is 59.3 cm³/mol. The molecule has 0 bridgehead atoms. The number of aromatic nitrogens is 2. The van der Waals surface area contributed by atoms with E-state index in [1.807, 2.05) is 0 Å². The summed E-state index contributed by atoms with van der Waals surface area (Å²) in [6, 6.07) is 5.31. The van der Waals surface area contributed by atoms with E-state index in [9.17, 15) is 22.4 Å². The van der Waals surface area contributed by atoms with Crippen LogP contribution in [0.15, 0.2) is 35.1 Å². The summed E-state index contributed by atoms with van der Waals surface area (Å²) < 4.78 is 54.3. The summed E-state index contributed by atoms with van der Waals surface area (Å²) in [5, 5.41) is 8.77. The van der Waals surface area contributed by atoms with Crippen LogP contribution in [-0.4, -0.2) is 28.5 Å². The van der Waals surface area contributed by atoms with Gasteiger partial charge in [0.15, 0.2) is 0 Å². The van der Waals surface area contributed by atoms with Crippen molar-refractivity contribution in [2.75, 3.05) is 5.32 Å². The Morgan fingerprint density at radius 1 is 1.25 bits per heavy atom. The Morgan fingerprint density at radius 3 is 2.40 bits per heavy atom. The third-order valence-electron chi connectivity index (χ3n) is 2.33. The Balaban J connectivity index is 2.10. The van der Waals surface area contributed by atoms with Gasteiger partial charge >= 0.3 is 18.3 Å². The van der Waals surface area contributed by atoms with Crippen LogP contribution in [-0.2, 0) is 4.79 Å². The minimum atomic E-state index is -4.74. The smallest absolute Gasteiger partial charge is 0.383 e. The number of halogens is 4. The van der Waals surface area contributed by atoms with Gasteiger partial charge in [0, 0.05) is 11.3 Å². The lowest BCUT2D eigenvalue weighted by molar-refractivity contribution is -0.163. The highest BCUT2D eigenvalue weighted by Crippen LogP contribution is 2.25. The maximum absolute atomic E-state index is 12.7. The molecule has 2 rings (SSSR count). The van der Waals surface area contributed by atoms with E-state index in [1.165, 1.54) is 24.3 Å². The van der Waals surface area contributed by atoms with Crippen molar-refractivity contribution < 1.29 is 26.8 Å². The summed E-state index contributed by atoms with van der Waals surface area (Å²) in [6.07, 6.45) is -2.96. The number of nitrogens with one attached hydrogen (secondary N) is 1. The SMILES string of the molecule is O=C(Nc1ccc(-c2nnco2)cc1)C(F)(F)C(F)F. The summed E-state index contributed by atoms with van der Waals surface area (Å²) in [4.78, 5) is 11.0. The van der Waals surface area contributed by atoms with Gasteiger partial charge in [-0.25, -0.2) is 8.78 Å². The van der Waals surface area contributed by atoms with Crippen molar-refractivity contribution in [3.8, 4) is 11.5 Å². The van der Waals surface area contributed by atoms with E-state index < -0.39 is 18.3 Å². The zero-order valence-corrected chi connectivity index (χ0v) is 9.69. The maximum Gasteiger partial charge on any atom is 0.383 e. The van der Waals surface area contributed by atoms with Gasteiger partial charge in [0.2, 0.25) is 12.3 Å². The monoisotopic (exact) mass is 289 g/mol. The molecule has 0 saturated carbocycles. The topological polar surface area (TPSA) is 68.0 Å². The van der Waals surface area contributed by atoms with Gasteiger partial charge < -0.3 is 9.73 Å². The molecule has 0 atom stereocenters. The highest BCUT2D eigenvalue weighted by Gasteiger charge is 2.48. The quantitative estimate of drug-likeness (QED) is 0.878. The average Bonchev–Trinajstić information content (AvgIpc) is 2.93. The van der Waals surface area contributed by atoms with Crippen molar-refractivity contribution in [3.05, 3.63) is 30.7 Å². The number of anilines is 1. The van der Waals surface area contributed by atoms with Crippen LogP contribution >= 0.6 is 0 Å². The molecule has 1 N–H and O–H groups in total. The fourth-order valence-corrected chi connectivity index (χ4v) is 1.31. The van der Waals surface area contributed by atoms with Crippen molar-refractivity contribution in [2.24, 2.45) is 0 Å². The summed E-state index contributed by atoms with van der Waals surface area (Å²) in [5.74, 6) is -6.62. The van der Waals surface area contributed by atoms with Crippen LogP contribution in [0.3, 0.4) is 0 Å². The van der Waals surface area contributed by atoms with E-state index >= 15 is 0 Å². The Bertz CT molecular complexity index is 584. The van der Waals surface area contributed by atoms with Crippen molar-refractivity contribution in [1.29, 1.82) is 0 Å². The Kier molecular flexibility index (Phi) is 3.68. The molecule has 1 aromatic carbocycles. The third kappa shape index (κ3) is 2.76. The van der Waals surface area contributed by atoms with Crippen LogP contribution in [0.5, 0.6) is 0 Å². The fourth-order valence-electron chi connectivity index (χ4n) is 1.31. The fraction of sp³-hybridized carbons (Fsp3) is 0.182. The molecule has 0 saturated heterocycles. The molecule has 1 heterocycles. The molecule has 20 heavy (non-hydrogen) atoms. The van der Waals surface area contributed by atoms with Gasteiger partial charge in [-0.05, 0) is 24.3 Å². The molecule has 9 heteroatoms. The lowest BCUT2D eigenvalue weighted by Crippen LogP contribution is -2.40. The van der Waals surface area contributed by atoms with E-state index in [0.29, 0.717) is 5.56 Å². The number of benzene rings is 1. The van der Waals surface area contributed by atoms with Gasteiger partial charge in [0.05, 0.1) is 0 Å². The molecule has 0 fully saturated rings. The van der Waals surface area contributed by atoms with Gasteiger partial charge in [0.25, 0.3) is 0 Å². The van der Waals surface area contributed by atoms with Gasteiger partial charge in [-0.2, -0.15) is 8.78 Å². The summed E-state index contributed by atoms with van der Waals surface area (Å²) >= 11 is 0. The lowest BCUT2D eigenvalue weighted by atomic mass is 10.2. The first-order valence-corrected chi connectivity index (χ1v) is 5.25. The molecule has 5 nitrogen and oxygen atoms in total. The number of amides is 1. The van der Waals surface area contributed by atoms with E-state index in [4.69, 9.17) is 4.42 Å². The van der Waals surface area contributed by atoms with Crippen molar-refractivity contribution >= 4 is 11.6 Å². The molecule has 0 aliphatic heterocycles. The van der Waals surface area contributed by atoms with E-state index in [-0.39, 0.29) is 11.6 Å². The Hall–Kier alpha value is -2.45. The van der Waals surface area contributed by atoms with Crippen LogP contribution in [0.25, 0.3) is 11.5 Å². The minimum Gasteiger partial charge on any atom is -0.423 e. The van der Waals surface area contributed by atoms with Crippen molar-refractivity contribution in [1.82, 2.24) is 10.2 Å². The molecular formula is C11H7F4N3O2. The second kappa shape index (κ2) is 5.27. The molecule has 0 spiro atoms. The average molecular weight is 289 g/mol. The molecule has 1 amide bonds. The first-order chi connectivity index (χ1) is 9.41. The van der Waals surface area contributed by atoms with Crippen LogP contribution in [0.2, 0.25) is 0 Å². The lowest BCUT2D eigenvalue weighted by Gasteiger charge is -2.14. The molecule has 0 aliphatic rings. The Labute approximate surface area is 109 Å². The molecular weight excluding hydrogens is 282 g/mol. The van der Waals surface area contributed by atoms with E-state index in [2.05, 4.69) is 10.2 Å². The first-order valence-electron chi connectivity index (χ1n) is 5.25. The molecule has 106 valence electrons. The third-order valence-corrected chi connectivity index (χ3v) is 2.33. The molecule has 0 unspecified atom stereocenters. The number of rotatable bonds is 4. The van der Waals surface area contributed by atoms with Gasteiger partial charge in [-0.3, -0.25) is 4.79 Å². The Morgan fingerprint density at radius 2 is 1.90 bits per heavy atom. The van der Waals surface area contributed by atoms with Crippen LogP contribution in [0.4, 0.5) is 23.2 Å². The molecule has 0 aliphatic carbocycles. The molecule has 1 aromatic heterocycles. The highest BCUT2D eigenvalue weighted by atomic mass is 19.3. The second-order valence-electron chi connectivity index (χ2n) is 3.70. The number of nitrogens with zero attached hydrogens (tertiary/aromatic N) is 2. The summed E-state index contributed by atoms with van der Waals surface area (Å²) in [7, 11) is 0. The highest BCUT2D eigenvalue weighted by molar-refractivity contribution is 5.96. The number of carbonyl (C=O) groups excluding carboxylic acids is 1. The predicted octanol–water partition coefficient (Wildman–Crippen LogP) is 2.58. The number of hydrogen-bond donors (Lipinski definition) is 1. The van der Waals surface area contributed by atoms with Gasteiger partial charge in [-0.15, -0.1) is 10.2 Å². The number of alkyl halides is 4. The van der Waals surface area contributed by atoms with Gasteiger partial charge in [-0.1, -0.05) is 0 Å². The first kappa shape index (κ1) is 14.0. The normalized spacial score (nSPS) is 11.7. The molecule has 0 radical (unpaired) electrons. The summed E-state index contributed by atoms with van der Waals surface area (Å²) in [5.41, 5.74) is 0.430. The largest absolute Gasteiger partial charge is 0.423 e. The zero-order valence-electron chi connectivity index (χ0n) is 9.69. The summed E-state index contributed by atoms with van der Waals surface area (Å²) in [6.45, 7) is 0. The van der Waals surface area contributed by atoms with Crippen LogP contribution in [0.1, 0.15) is 0 Å². The van der Waals surface area contributed by atoms with Crippen molar-refractivity contribution in [2.45, 2.75) is 12.3 Å². The molecule has 2 aromatic rings. The maximum atomic E-state index is 12.7. The van der Waals surface area contributed by atoms with Crippen LogP contribution < -0.4 is 5.32 Å². The van der Waals surface area contributed by atoms with E-state index in [1.54, 1.807) is 5.32 Å². The zero-order chi connectivity index (χ0) is 14.8. The van der Waals surface area contributed by atoms with Crippen LogP contribution in [0, 0.1) is 0 Å². The minimum absolute atomic E-state index is 0.0569. The number of hydrogen-bond acceptors (Lipinski definition) is 4. The second-order valence-corrected chi connectivity index (χ2v) is 3.70.